The van der Waals surface area contributed by atoms with Crippen molar-refractivity contribution < 1.29 is 143 Å². The molecule has 2 unspecified atom stereocenters. The summed E-state index contributed by atoms with van der Waals surface area (Å²) in [5.74, 6) is -0.0330. The van der Waals surface area contributed by atoms with Gasteiger partial charge in [0.2, 0.25) is 0 Å². The average Bonchev–Trinajstić information content (AvgIpc) is 3.21. The first-order valence-corrected chi connectivity index (χ1v) is 23.4. The maximum absolute atomic E-state index is 13.5. The Labute approximate surface area is 514 Å². The minimum atomic E-state index is -1.80. The van der Waals surface area contributed by atoms with Crippen molar-refractivity contribution in [3.8, 4) is 0 Å². The van der Waals surface area contributed by atoms with E-state index in [4.69, 9.17) is 50.0 Å². The molecule has 4 aromatic rings. The van der Waals surface area contributed by atoms with Crippen LogP contribution in [0.3, 0.4) is 0 Å². The van der Waals surface area contributed by atoms with Crippen molar-refractivity contribution in [3.63, 3.8) is 0 Å². The zero-order valence-corrected chi connectivity index (χ0v) is 52.5. The second-order valence-corrected chi connectivity index (χ2v) is 19.3. The molecule has 69 heavy (non-hydrogen) atoms. The molecule has 3 amide bonds. The molecule has 0 spiro atoms. The molecule has 2 atom stereocenters. The summed E-state index contributed by atoms with van der Waals surface area (Å²) >= 11 is 14.8. The molecule has 16 heteroatoms. The van der Waals surface area contributed by atoms with E-state index in [-0.39, 0.29) is 144 Å². The number of amides is 3. The number of carbonyl (C=O) groups is 5. The van der Waals surface area contributed by atoms with Crippen LogP contribution >= 0.6 is 34.8 Å². The molecule has 0 bridgehead atoms. The second-order valence-electron chi connectivity index (χ2n) is 18.2. The largest absolute Gasteiger partial charge is 1.00 e. The van der Waals surface area contributed by atoms with Gasteiger partial charge in [0.1, 0.15) is 5.41 Å². The fourth-order valence-corrected chi connectivity index (χ4v) is 7.34. The normalized spacial score (nSPS) is 11.1. The number of alkyl halides is 2. The molecule has 4 rings (SSSR count). The predicted octanol–water partition coefficient (Wildman–Crippen LogP) is 6.63. The van der Waals surface area contributed by atoms with E-state index in [0.29, 0.717) is 29.2 Å². The molecule has 0 saturated heterocycles. The number of carboxylic acid groups (broad SMARTS) is 1. The first kappa shape index (κ1) is 71.5. The molecule has 370 valence electrons. The molecule has 0 aliphatic rings. The van der Waals surface area contributed by atoms with Crippen LogP contribution in [0.25, 0.3) is 0 Å². The summed E-state index contributed by atoms with van der Waals surface area (Å²) in [6.07, 6.45) is -0.0542. The molecule has 0 saturated carbocycles. The Balaban J connectivity index is -0.000000456. The molecule has 0 aliphatic carbocycles. The maximum Gasteiger partial charge on any atom is 1.00 e. The third-order valence-corrected chi connectivity index (χ3v) is 11.2. The minimum Gasteiger partial charge on any atom is -1.00 e. The summed E-state index contributed by atoms with van der Waals surface area (Å²) in [6.45, 7) is 35.3. The van der Waals surface area contributed by atoms with Crippen LogP contribution in [0.15, 0.2) is 72.8 Å². The van der Waals surface area contributed by atoms with Crippen molar-refractivity contribution in [1.29, 1.82) is 0 Å². The van der Waals surface area contributed by atoms with Gasteiger partial charge in [-0.1, -0.05) is 93.3 Å². The van der Waals surface area contributed by atoms with E-state index in [1.807, 2.05) is 117 Å². The van der Waals surface area contributed by atoms with Crippen LogP contribution < -0.4 is 119 Å². The summed E-state index contributed by atoms with van der Waals surface area (Å²) in [7, 11) is 0. The van der Waals surface area contributed by atoms with Crippen molar-refractivity contribution in [1.82, 2.24) is 15.8 Å². The van der Waals surface area contributed by atoms with Crippen molar-refractivity contribution in [2.24, 2.45) is 16.7 Å². The number of carbonyl (C=O) groups excluding carboxylic acids is 4. The number of nitrogens with zero attached hydrogens (tertiary/aromatic N) is 1. The van der Waals surface area contributed by atoms with E-state index < -0.39 is 11.4 Å². The number of rotatable bonds is 10. The summed E-state index contributed by atoms with van der Waals surface area (Å²) in [5, 5.41) is 20.1. The Morgan fingerprint density at radius 2 is 1.09 bits per heavy atom. The van der Waals surface area contributed by atoms with E-state index >= 15 is 0 Å². The van der Waals surface area contributed by atoms with E-state index in [9.17, 15) is 19.2 Å². The molecular formula is C53H73Cl3K2N3O8+. The maximum atomic E-state index is 13.5. The van der Waals surface area contributed by atoms with E-state index in [1.54, 1.807) is 18.2 Å². The molecular weight excluding hydrogens is 991 g/mol. The van der Waals surface area contributed by atoms with Crippen molar-refractivity contribution in [2.45, 2.75) is 123 Å². The van der Waals surface area contributed by atoms with Gasteiger partial charge in [-0.3, -0.25) is 24.6 Å². The predicted molar refractivity (Wildman–Crippen MR) is 273 cm³/mol. The number of nitrogens with one attached hydrogen (secondary N) is 2. The zero-order valence-electron chi connectivity index (χ0n) is 45.0. The SMILES string of the molecule is CCC(N(NC(=O)c1cccc(C)c1C)C(=O)c1cc(C)cc(C)c1)C(C)(C)C.Cc1cc(C)cc(C(=O)Cl)c1.ClCCl.O=C(O)O[O-].[CH2+]C(C)(C)C(CC)CNC(=O)c1cccc(C)c1C.[H-].[K+].[K+]. The third-order valence-electron chi connectivity index (χ3n) is 10.9. The van der Waals surface area contributed by atoms with Crippen LogP contribution in [0.4, 0.5) is 4.79 Å². The van der Waals surface area contributed by atoms with Gasteiger partial charge in [0, 0.05) is 34.7 Å². The van der Waals surface area contributed by atoms with Gasteiger partial charge < -0.3 is 22.0 Å². The molecule has 0 aromatic heterocycles. The molecule has 11 nitrogen and oxygen atoms in total. The first-order chi connectivity index (χ1) is 31.0. The van der Waals surface area contributed by atoms with Crippen LogP contribution in [0.1, 0.15) is 149 Å². The number of hydrazine groups is 1. The standard InChI is InChI=1S/C25H34N2O2.C17H25NO.C9H9ClO.CH2Cl2.CH2O4.2K.H/c1-9-22(25(6,7)8)27(24(29)20-14-16(2)13-17(3)15-20)26-23(28)21-12-10-11-18(4)19(21)5;1-7-14(17(4,5)6)11-18-16(19)15-10-8-9-12(2)13(15)3;1-6-3-7(2)5-8(4-6)9(10)11;2-1-3;2-1(3)5-4;;;/h10-15,22H,9H2,1-8H3,(H,26,28);8-10,14H,4,7,11H2,1-3,5-6H3;3-5H,1-2H3;1H2;4H,(H,2,3);;;/q;;;;;2*+1;-1. The number of halogens is 3. The summed E-state index contributed by atoms with van der Waals surface area (Å²) in [5.41, 5.74) is 13.6. The van der Waals surface area contributed by atoms with Crippen molar-refractivity contribution in [2.75, 3.05) is 11.9 Å². The number of benzene rings is 4. The van der Waals surface area contributed by atoms with Gasteiger partial charge in [0.05, 0.1) is 18.3 Å². The Morgan fingerprint density at radius 3 is 1.41 bits per heavy atom. The van der Waals surface area contributed by atoms with Gasteiger partial charge in [0.15, 0.2) is 0 Å². The Morgan fingerprint density at radius 1 is 0.710 bits per heavy atom. The van der Waals surface area contributed by atoms with Crippen LogP contribution in [-0.4, -0.2) is 57.2 Å². The van der Waals surface area contributed by atoms with E-state index in [1.165, 1.54) is 5.01 Å². The van der Waals surface area contributed by atoms with Crippen LogP contribution in [0.2, 0.25) is 0 Å². The van der Waals surface area contributed by atoms with Crippen molar-refractivity contribution >= 4 is 63.9 Å². The fourth-order valence-electron chi connectivity index (χ4n) is 7.23. The Hall–Kier alpha value is -1.80. The van der Waals surface area contributed by atoms with Crippen LogP contribution in [-0.2, 0) is 4.89 Å². The smallest absolute Gasteiger partial charge is 1.00 e. The van der Waals surface area contributed by atoms with Gasteiger partial charge in [0.25, 0.3) is 23.0 Å². The first-order valence-electron chi connectivity index (χ1n) is 21.9. The molecule has 0 radical (unpaired) electrons. The molecule has 0 fully saturated rings. The molecule has 0 aliphatic heterocycles. The number of hydrogen-bond acceptors (Lipinski definition) is 7. The monoisotopic (exact) mass is 1060 g/mol. The quantitative estimate of drug-likeness (QED) is 0.0398. The fraction of sp³-hybridized carbons (Fsp3) is 0.434. The molecule has 0 heterocycles. The van der Waals surface area contributed by atoms with Crippen LogP contribution in [0, 0.1) is 79.1 Å². The third kappa shape index (κ3) is 26.6. The van der Waals surface area contributed by atoms with Gasteiger partial charge >= 0.3 is 109 Å². The molecule has 4 aromatic carbocycles. The topological polar surface area (TPSA) is 165 Å². The minimum absolute atomic E-state index is 0. The van der Waals surface area contributed by atoms with Gasteiger partial charge in [-0.05, 0) is 158 Å². The van der Waals surface area contributed by atoms with Gasteiger partial charge in [-0.15, -0.1) is 23.2 Å². The van der Waals surface area contributed by atoms with E-state index in [2.05, 4.69) is 64.1 Å². The van der Waals surface area contributed by atoms with Crippen LogP contribution in [0.5, 0.6) is 0 Å². The van der Waals surface area contributed by atoms with Gasteiger partial charge in [-0.25, -0.2) is 9.80 Å². The number of hydrogen-bond donors (Lipinski definition) is 3. The summed E-state index contributed by atoms with van der Waals surface area (Å²) in [6, 6.07) is 22.7. The van der Waals surface area contributed by atoms with E-state index in [0.717, 1.165) is 62.9 Å². The van der Waals surface area contributed by atoms with Gasteiger partial charge in [-0.2, -0.15) is 0 Å². The van der Waals surface area contributed by atoms with Crippen molar-refractivity contribution in [3.05, 3.63) is 146 Å². The summed E-state index contributed by atoms with van der Waals surface area (Å²) < 4.78 is 0. The zero-order chi connectivity index (χ0) is 52.0. The second kappa shape index (κ2) is 35.4. The average molecular weight is 1060 g/mol. The Bertz CT molecular complexity index is 2230. The Kier molecular flexibility index (Phi) is 36.6. The summed E-state index contributed by atoms with van der Waals surface area (Å²) in [4.78, 5) is 60.9. The number of aryl methyl sites for hydroxylation is 6. The molecule has 3 N–H and O–H groups in total.